The Hall–Kier alpha value is -0.280. The standard InChI is InChI=1S/C13H19ClN2.ClH/c1-10-4-5-11(7-13(10)14)8-16-6-2-3-12(15)9-16;/h4-5,7,12H,2-3,6,8-9,15H2,1H3;1H. The molecule has 2 rings (SSSR count). The Bertz CT molecular complexity index is 368. The first-order valence-electron chi connectivity index (χ1n) is 5.88. The normalized spacial score (nSPS) is 21.0. The maximum Gasteiger partial charge on any atom is 0.0438 e. The van der Waals surface area contributed by atoms with Gasteiger partial charge in [-0.25, -0.2) is 0 Å². The highest BCUT2D eigenvalue weighted by Crippen LogP contribution is 2.19. The van der Waals surface area contributed by atoms with Crippen molar-refractivity contribution in [3.05, 3.63) is 34.3 Å². The molecule has 0 aliphatic carbocycles. The van der Waals surface area contributed by atoms with Crippen LogP contribution in [0.3, 0.4) is 0 Å². The summed E-state index contributed by atoms with van der Waals surface area (Å²) in [6.45, 7) is 5.15. The maximum atomic E-state index is 6.12. The Labute approximate surface area is 115 Å². The quantitative estimate of drug-likeness (QED) is 0.899. The van der Waals surface area contributed by atoms with Crippen LogP contribution >= 0.6 is 24.0 Å². The molecule has 1 aromatic rings. The molecule has 0 saturated carbocycles. The SMILES string of the molecule is Cc1ccc(CN2CCCC(N)C2)cc1Cl.Cl. The molecule has 0 bridgehead atoms. The van der Waals surface area contributed by atoms with Gasteiger partial charge in [0, 0.05) is 24.2 Å². The van der Waals surface area contributed by atoms with Crippen molar-refractivity contribution in [1.29, 1.82) is 0 Å². The second-order valence-electron chi connectivity index (χ2n) is 4.72. The topological polar surface area (TPSA) is 29.3 Å². The molecule has 1 aliphatic heterocycles. The van der Waals surface area contributed by atoms with E-state index in [1.54, 1.807) is 0 Å². The summed E-state index contributed by atoms with van der Waals surface area (Å²) in [6.07, 6.45) is 2.37. The van der Waals surface area contributed by atoms with Crippen LogP contribution < -0.4 is 5.73 Å². The summed E-state index contributed by atoms with van der Waals surface area (Å²) in [5.41, 5.74) is 8.39. The fourth-order valence-electron chi connectivity index (χ4n) is 2.23. The van der Waals surface area contributed by atoms with Gasteiger partial charge in [-0.05, 0) is 43.5 Å². The van der Waals surface area contributed by atoms with E-state index in [1.165, 1.54) is 12.0 Å². The number of rotatable bonds is 2. The van der Waals surface area contributed by atoms with Crippen LogP contribution in [0.2, 0.25) is 5.02 Å². The molecule has 1 fully saturated rings. The summed E-state index contributed by atoms with van der Waals surface area (Å²) in [7, 11) is 0. The van der Waals surface area contributed by atoms with E-state index in [0.29, 0.717) is 6.04 Å². The molecule has 1 heterocycles. The predicted octanol–water partition coefficient (Wildman–Crippen LogP) is 2.99. The number of hydrogen-bond acceptors (Lipinski definition) is 2. The van der Waals surface area contributed by atoms with E-state index in [1.807, 2.05) is 6.92 Å². The summed E-state index contributed by atoms with van der Waals surface area (Å²) in [4.78, 5) is 2.41. The van der Waals surface area contributed by atoms with Gasteiger partial charge in [0.15, 0.2) is 0 Å². The zero-order valence-corrected chi connectivity index (χ0v) is 11.7. The fourth-order valence-corrected chi connectivity index (χ4v) is 2.43. The first-order valence-corrected chi connectivity index (χ1v) is 6.26. The second kappa shape index (κ2) is 6.60. The second-order valence-corrected chi connectivity index (χ2v) is 5.13. The van der Waals surface area contributed by atoms with E-state index in [0.717, 1.165) is 36.6 Å². The first-order chi connectivity index (χ1) is 7.65. The molecule has 1 aliphatic rings. The number of aryl methyl sites for hydroxylation is 1. The summed E-state index contributed by atoms with van der Waals surface area (Å²) in [6, 6.07) is 6.65. The van der Waals surface area contributed by atoms with Crippen molar-refractivity contribution in [3.63, 3.8) is 0 Å². The van der Waals surface area contributed by atoms with Gasteiger partial charge in [0.25, 0.3) is 0 Å². The van der Waals surface area contributed by atoms with Crippen molar-refractivity contribution >= 4 is 24.0 Å². The number of halogens is 2. The van der Waals surface area contributed by atoms with Gasteiger partial charge in [-0.1, -0.05) is 23.7 Å². The van der Waals surface area contributed by atoms with E-state index in [2.05, 4.69) is 23.1 Å². The Morgan fingerprint density at radius 2 is 2.24 bits per heavy atom. The van der Waals surface area contributed by atoms with Crippen molar-refractivity contribution in [2.75, 3.05) is 13.1 Å². The van der Waals surface area contributed by atoms with Crippen molar-refractivity contribution in [2.45, 2.75) is 32.4 Å². The molecule has 1 aromatic carbocycles. The minimum Gasteiger partial charge on any atom is -0.327 e. The molecular weight excluding hydrogens is 255 g/mol. The highest BCUT2D eigenvalue weighted by atomic mass is 35.5. The molecule has 17 heavy (non-hydrogen) atoms. The molecule has 2 nitrogen and oxygen atoms in total. The van der Waals surface area contributed by atoms with Crippen LogP contribution in [0.5, 0.6) is 0 Å². The smallest absolute Gasteiger partial charge is 0.0438 e. The van der Waals surface area contributed by atoms with Crippen LogP contribution in [-0.2, 0) is 6.54 Å². The lowest BCUT2D eigenvalue weighted by Crippen LogP contribution is -2.42. The van der Waals surface area contributed by atoms with Gasteiger partial charge in [0.2, 0.25) is 0 Å². The van der Waals surface area contributed by atoms with Gasteiger partial charge in [-0.3, -0.25) is 4.90 Å². The molecular formula is C13H20Cl2N2. The summed E-state index contributed by atoms with van der Waals surface area (Å²) in [5.74, 6) is 0. The van der Waals surface area contributed by atoms with Crippen LogP contribution in [0.15, 0.2) is 18.2 Å². The molecule has 0 amide bonds. The van der Waals surface area contributed by atoms with Crippen LogP contribution in [0.1, 0.15) is 24.0 Å². The van der Waals surface area contributed by atoms with Gasteiger partial charge < -0.3 is 5.73 Å². The first kappa shape index (κ1) is 14.8. The molecule has 1 saturated heterocycles. The van der Waals surface area contributed by atoms with Crippen molar-refractivity contribution in [2.24, 2.45) is 5.73 Å². The number of nitrogens with zero attached hydrogens (tertiary/aromatic N) is 1. The third kappa shape index (κ3) is 4.14. The molecule has 96 valence electrons. The van der Waals surface area contributed by atoms with Gasteiger partial charge >= 0.3 is 0 Å². The minimum atomic E-state index is 0. The Morgan fingerprint density at radius 3 is 2.88 bits per heavy atom. The number of benzene rings is 1. The number of nitrogens with two attached hydrogens (primary N) is 1. The maximum absolute atomic E-state index is 6.12. The number of hydrogen-bond donors (Lipinski definition) is 1. The average molecular weight is 275 g/mol. The van der Waals surface area contributed by atoms with Crippen LogP contribution in [0, 0.1) is 6.92 Å². The van der Waals surface area contributed by atoms with E-state index in [9.17, 15) is 0 Å². The van der Waals surface area contributed by atoms with E-state index >= 15 is 0 Å². The highest BCUT2D eigenvalue weighted by molar-refractivity contribution is 6.31. The van der Waals surface area contributed by atoms with Crippen molar-refractivity contribution in [3.8, 4) is 0 Å². The van der Waals surface area contributed by atoms with E-state index in [-0.39, 0.29) is 12.4 Å². The highest BCUT2D eigenvalue weighted by Gasteiger charge is 2.16. The molecule has 2 N–H and O–H groups in total. The Kier molecular flexibility index (Phi) is 5.74. The van der Waals surface area contributed by atoms with Crippen LogP contribution in [-0.4, -0.2) is 24.0 Å². The number of likely N-dealkylation sites (tertiary alicyclic amines) is 1. The van der Waals surface area contributed by atoms with Crippen molar-refractivity contribution < 1.29 is 0 Å². The zero-order valence-electron chi connectivity index (χ0n) is 10.2. The number of piperidine rings is 1. The van der Waals surface area contributed by atoms with Gasteiger partial charge in [0.05, 0.1) is 0 Å². The van der Waals surface area contributed by atoms with Crippen LogP contribution in [0.25, 0.3) is 0 Å². The van der Waals surface area contributed by atoms with E-state index < -0.39 is 0 Å². The molecule has 1 unspecified atom stereocenters. The van der Waals surface area contributed by atoms with Gasteiger partial charge in [-0.2, -0.15) is 0 Å². The monoisotopic (exact) mass is 274 g/mol. The third-order valence-corrected chi connectivity index (χ3v) is 3.59. The lowest BCUT2D eigenvalue weighted by atomic mass is 10.1. The summed E-state index contributed by atoms with van der Waals surface area (Å²) in [5, 5.41) is 0.860. The Morgan fingerprint density at radius 1 is 1.47 bits per heavy atom. The largest absolute Gasteiger partial charge is 0.327 e. The van der Waals surface area contributed by atoms with Crippen molar-refractivity contribution in [1.82, 2.24) is 4.90 Å². The third-order valence-electron chi connectivity index (χ3n) is 3.18. The lowest BCUT2D eigenvalue weighted by Gasteiger charge is -2.30. The molecule has 0 spiro atoms. The van der Waals surface area contributed by atoms with Gasteiger partial charge in [-0.15, -0.1) is 12.4 Å². The molecule has 1 atom stereocenters. The molecule has 0 aromatic heterocycles. The van der Waals surface area contributed by atoms with Gasteiger partial charge in [0.1, 0.15) is 0 Å². The van der Waals surface area contributed by atoms with Crippen LogP contribution in [0.4, 0.5) is 0 Å². The fraction of sp³-hybridized carbons (Fsp3) is 0.538. The molecule has 0 radical (unpaired) electrons. The summed E-state index contributed by atoms with van der Waals surface area (Å²) >= 11 is 6.12. The average Bonchev–Trinajstić information content (AvgIpc) is 2.24. The summed E-state index contributed by atoms with van der Waals surface area (Å²) < 4.78 is 0. The molecule has 4 heteroatoms. The zero-order chi connectivity index (χ0) is 11.5. The minimum absolute atomic E-state index is 0. The lowest BCUT2D eigenvalue weighted by molar-refractivity contribution is 0.201. The predicted molar refractivity (Wildman–Crippen MR) is 75.9 cm³/mol. The van der Waals surface area contributed by atoms with E-state index in [4.69, 9.17) is 17.3 Å². The Balaban J connectivity index is 0.00000144.